The van der Waals surface area contributed by atoms with Crippen LogP contribution in [0.1, 0.15) is 5.56 Å². The first-order valence-corrected chi connectivity index (χ1v) is 10.5. The zero-order chi connectivity index (χ0) is 20.7. The van der Waals surface area contributed by atoms with Gasteiger partial charge in [-0.25, -0.2) is 4.79 Å². The van der Waals surface area contributed by atoms with E-state index < -0.39 is 6.09 Å². The predicted molar refractivity (Wildman–Crippen MR) is 123 cm³/mol. The minimum Gasteiger partial charge on any atom is -0.391 e. The second kappa shape index (κ2) is 7.43. The number of benzene rings is 3. The van der Waals surface area contributed by atoms with E-state index in [1.54, 1.807) is 25.9 Å². The number of carbonyl (C=O) groups excluding carboxylic acids is 1. The van der Waals surface area contributed by atoms with Crippen molar-refractivity contribution in [1.29, 1.82) is 0 Å². The summed E-state index contributed by atoms with van der Waals surface area (Å²) in [7, 11) is 3.38. The second-order valence-corrected chi connectivity index (χ2v) is 8.34. The van der Waals surface area contributed by atoms with Crippen LogP contribution < -0.4 is 0 Å². The van der Waals surface area contributed by atoms with E-state index >= 15 is 0 Å². The molecule has 3 aromatic carbocycles. The molecule has 148 valence electrons. The summed E-state index contributed by atoms with van der Waals surface area (Å²) in [5.74, 6) is 0.520. The molecule has 0 radical (unpaired) electrons. The highest BCUT2D eigenvalue weighted by molar-refractivity contribution is 8.08. The van der Waals surface area contributed by atoms with E-state index in [1.165, 1.54) is 4.90 Å². The normalized spacial score (nSPS) is 12.9. The summed E-state index contributed by atoms with van der Waals surface area (Å²) in [5.41, 5.74) is 3.15. The number of hydrogen-bond acceptors (Lipinski definition) is 3. The minimum atomic E-state index is -0.408. The van der Waals surface area contributed by atoms with Crippen LogP contribution in [-0.2, 0) is 4.74 Å². The van der Waals surface area contributed by atoms with Gasteiger partial charge in [0.05, 0.1) is 10.6 Å². The lowest BCUT2D eigenvalue weighted by Crippen LogP contribution is -2.23. The molecule has 1 aliphatic heterocycles. The highest BCUT2D eigenvalue weighted by Gasteiger charge is 2.26. The molecule has 0 unspecified atom stereocenters. The average molecular weight is 413 g/mol. The molecular formula is C25H20N2O2S. The number of aromatic nitrogens is 1. The second-order valence-electron chi connectivity index (χ2n) is 7.29. The van der Waals surface area contributed by atoms with Gasteiger partial charge in [-0.2, -0.15) is 0 Å². The fraction of sp³-hybridized carbons (Fsp3) is 0.0800. The van der Waals surface area contributed by atoms with Crippen LogP contribution in [0.3, 0.4) is 0 Å². The van der Waals surface area contributed by atoms with Gasteiger partial charge in [0.15, 0.2) is 0 Å². The summed E-state index contributed by atoms with van der Waals surface area (Å²) >= 11 is 1.63. The van der Waals surface area contributed by atoms with Gasteiger partial charge in [-0.1, -0.05) is 72.4 Å². The van der Waals surface area contributed by atoms with Crippen LogP contribution in [0.4, 0.5) is 4.79 Å². The summed E-state index contributed by atoms with van der Waals surface area (Å²) in [6, 6.07) is 26.8. The third kappa shape index (κ3) is 3.08. The van der Waals surface area contributed by atoms with Crippen LogP contribution in [0, 0.1) is 0 Å². The minimum absolute atomic E-state index is 0.408. The predicted octanol–water partition coefficient (Wildman–Crippen LogP) is 6.40. The number of nitrogens with zero attached hydrogens (tertiary/aromatic N) is 2. The molecule has 1 aliphatic rings. The summed E-state index contributed by atoms with van der Waals surface area (Å²) in [4.78, 5) is 16.1. The number of fused-ring (bicyclic) bond motifs is 4. The lowest BCUT2D eigenvalue weighted by atomic mass is 10.0. The fourth-order valence-electron chi connectivity index (χ4n) is 3.67. The largest absolute Gasteiger partial charge is 0.416 e. The Labute approximate surface area is 179 Å². The van der Waals surface area contributed by atoms with Crippen molar-refractivity contribution in [2.45, 2.75) is 4.90 Å². The van der Waals surface area contributed by atoms with Gasteiger partial charge in [0.1, 0.15) is 0 Å². The van der Waals surface area contributed by atoms with Crippen molar-refractivity contribution in [1.82, 2.24) is 9.47 Å². The van der Waals surface area contributed by atoms with Crippen LogP contribution in [0.15, 0.2) is 90.0 Å². The molecule has 1 aromatic heterocycles. The van der Waals surface area contributed by atoms with E-state index in [0.29, 0.717) is 5.88 Å². The maximum absolute atomic E-state index is 12.6. The molecule has 0 spiro atoms. The third-order valence-electron chi connectivity index (χ3n) is 5.12. The van der Waals surface area contributed by atoms with Crippen LogP contribution in [0.25, 0.3) is 32.8 Å². The molecule has 5 rings (SSSR count). The average Bonchev–Trinajstić information content (AvgIpc) is 3.21. The highest BCUT2D eigenvalue weighted by atomic mass is 32.2. The van der Waals surface area contributed by atoms with E-state index in [0.717, 1.165) is 37.4 Å². The first-order chi connectivity index (χ1) is 14.6. The van der Waals surface area contributed by atoms with Gasteiger partial charge in [-0.3, -0.25) is 4.57 Å². The van der Waals surface area contributed by atoms with Crippen LogP contribution in [-0.4, -0.2) is 29.7 Å². The number of rotatable bonds is 2. The van der Waals surface area contributed by atoms with Crippen molar-refractivity contribution in [2.24, 2.45) is 0 Å². The maximum Gasteiger partial charge on any atom is 0.416 e. The zero-order valence-electron chi connectivity index (χ0n) is 16.7. The van der Waals surface area contributed by atoms with E-state index in [1.807, 2.05) is 47.2 Å². The van der Waals surface area contributed by atoms with Gasteiger partial charge in [0.2, 0.25) is 5.88 Å². The summed E-state index contributed by atoms with van der Waals surface area (Å²) in [6.07, 6.45) is 1.54. The Kier molecular flexibility index (Phi) is 4.60. The molecule has 0 saturated carbocycles. The number of amides is 1. The summed E-state index contributed by atoms with van der Waals surface area (Å²) < 4.78 is 7.94. The third-order valence-corrected chi connectivity index (χ3v) is 6.29. The summed E-state index contributed by atoms with van der Waals surface area (Å²) in [6.45, 7) is 0. The lowest BCUT2D eigenvalue weighted by molar-refractivity contribution is 0.159. The lowest BCUT2D eigenvalue weighted by Gasteiger charge is -2.18. The molecule has 0 saturated heterocycles. The maximum atomic E-state index is 12.6. The highest BCUT2D eigenvalue weighted by Crippen LogP contribution is 2.48. The van der Waals surface area contributed by atoms with Gasteiger partial charge >= 0.3 is 6.09 Å². The van der Waals surface area contributed by atoms with E-state index in [-0.39, 0.29) is 0 Å². The Bertz CT molecular complexity index is 1300. The van der Waals surface area contributed by atoms with Crippen molar-refractivity contribution in [3.05, 3.63) is 90.6 Å². The van der Waals surface area contributed by atoms with E-state index in [9.17, 15) is 4.79 Å². The molecule has 0 N–H and O–H groups in total. The number of thioether (sulfide) groups is 1. The quantitative estimate of drug-likeness (QED) is 0.382. The Morgan fingerprint density at radius 2 is 1.60 bits per heavy atom. The first-order valence-electron chi connectivity index (χ1n) is 9.70. The zero-order valence-corrected chi connectivity index (χ0v) is 17.5. The molecule has 2 heterocycles. The monoisotopic (exact) mass is 412 g/mol. The number of hydrogen-bond donors (Lipinski definition) is 0. The SMILES string of the molecule is CN(C)C(=O)OC1=C(c2cccc3ccccc23)Sc2ccccc2-c2cccn21. The van der Waals surface area contributed by atoms with Crippen molar-refractivity contribution >= 4 is 39.4 Å². The number of carbonyl (C=O) groups is 1. The topological polar surface area (TPSA) is 34.5 Å². The van der Waals surface area contributed by atoms with Gasteiger partial charge in [-0.05, 0) is 29.0 Å². The molecule has 0 atom stereocenters. The molecule has 0 aliphatic carbocycles. The van der Waals surface area contributed by atoms with Crippen molar-refractivity contribution < 1.29 is 9.53 Å². The molecule has 0 fully saturated rings. The molecule has 0 bridgehead atoms. The summed E-state index contributed by atoms with van der Waals surface area (Å²) in [5, 5.41) is 2.26. The van der Waals surface area contributed by atoms with Gasteiger partial charge in [-0.15, -0.1) is 0 Å². The standard InChI is InChI=1S/C25H20N2O2S/c1-26(2)25(28)29-24-23(19-13-7-10-17-9-3-4-11-18(17)19)30-22-15-6-5-12-20(22)21-14-8-16-27(21)24/h3-16H,1-2H3. The molecule has 4 aromatic rings. The fourth-order valence-corrected chi connectivity index (χ4v) is 4.84. The van der Waals surface area contributed by atoms with Crippen molar-refractivity contribution in [3.8, 4) is 11.3 Å². The van der Waals surface area contributed by atoms with Crippen LogP contribution >= 0.6 is 11.8 Å². The van der Waals surface area contributed by atoms with Gasteiger partial charge < -0.3 is 9.64 Å². The molecule has 4 nitrogen and oxygen atoms in total. The Balaban J connectivity index is 1.83. The molecule has 30 heavy (non-hydrogen) atoms. The van der Waals surface area contributed by atoms with Crippen LogP contribution in [0.2, 0.25) is 0 Å². The smallest absolute Gasteiger partial charge is 0.391 e. The van der Waals surface area contributed by atoms with Crippen LogP contribution in [0.5, 0.6) is 0 Å². The molecular weight excluding hydrogens is 392 g/mol. The Morgan fingerprint density at radius 1 is 0.867 bits per heavy atom. The molecule has 5 heteroatoms. The van der Waals surface area contributed by atoms with Crippen molar-refractivity contribution in [2.75, 3.05) is 14.1 Å². The van der Waals surface area contributed by atoms with Gasteiger partial charge in [0.25, 0.3) is 0 Å². The first kappa shape index (κ1) is 18.6. The van der Waals surface area contributed by atoms with Gasteiger partial charge in [0, 0.05) is 36.3 Å². The molecule has 1 amide bonds. The van der Waals surface area contributed by atoms with E-state index in [4.69, 9.17) is 4.74 Å². The van der Waals surface area contributed by atoms with E-state index in [2.05, 4.69) is 42.5 Å². The Morgan fingerprint density at radius 3 is 2.47 bits per heavy atom. The number of ether oxygens (including phenoxy) is 1. The van der Waals surface area contributed by atoms with Crippen molar-refractivity contribution in [3.63, 3.8) is 0 Å². The Hall–Kier alpha value is -3.44.